The topological polar surface area (TPSA) is 15.6 Å². The number of aryl methyl sites for hydroxylation is 1. The maximum atomic E-state index is 3.96. The Morgan fingerprint density at radius 3 is 2.17 bits per heavy atom. The Kier molecular flexibility index (Phi) is 4.49. The van der Waals surface area contributed by atoms with Gasteiger partial charge in [0.25, 0.3) is 0 Å². The monoisotopic (exact) mass is 308 g/mol. The van der Waals surface area contributed by atoms with E-state index in [-0.39, 0.29) is 0 Å². The van der Waals surface area contributed by atoms with Crippen LogP contribution in [0.3, 0.4) is 0 Å². The summed E-state index contributed by atoms with van der Waals surface area (Å²) < 4.78 is 1.10. The van der Waals surface area contributed by atoms with Gasteiger partial charge in [-0.2, -0.15) is 0 Å². The van der Waals surface area contributed by atoms with Crippen molar-refractivity contribution in [3.05, 3.63) is 59.7 Å². The minimum Gasteiger partial charge on any atom is -0.360 e. The van der Waals surface area contributed by atoms with Crippen LogP contribution < -0.4 is 4.90 Å². The van der Waals surface area contributed by atoms with Gasteiger partial charge in [0.05, 0.1) is 38.9 Å². The summed E-state index contributed by atoms with van der Waals surface area (Å²) in [7, 11) is 2.37. The van der Waals surface area contributed by atoms with Crippen LogP contribution in [0.5, 0.6) is 0 Å². The highest BCUT2D eigenvalue weighted by Crippen LogP contribution is 2.22. The molecule has 0 spiro atoms. The lowest BCUT2D eigenvalue weighted by Crippen LogP contribution is -2.56. The first-order valence-corrected chi connectivity index (χ1v) is 8.29. The summed E-state index contributed by atoms with van der Waals surface area (Å²) in [5.74, 6) is 0. The Labute approximate surface area is 139 Å². The van der Waals surface area contributed by atoms with Crippen molar-refractivity contribution < 1.29 is 4.48 Å². The van der Waals surface area contributed by atoms with Gasteiger partial charge in [-0.05, 0) is 37.9 Å². The van der Waals surface area contributed by atoms with E-state index in [4.69, 9.17) is 0 Å². The van der Waals surface area contributed by atoms with E-state index in [1.807, 2.05) is 0 Å². The summed E-state index contributed by atoms with van der Waals surface area (Å²) in [6.45, 7) is 11.4. The van der Waals surface area contributed by atoms with Crippen LogP contribution in [0.2, 0.25) is 0 Å². The predicted molar refractivity (Wildman–Crippen MR) is 98.7 cm³/mol. The van der Waals surface area contributed by atoms with Crippen molar-refractivity contribution in [1.29, 1.82) is 0 Å². The number of benzene rings is 2. The zero-order chi connectivity index (χ0) is 16.3. The zero-order valence-electron chi connectivity index (χ0n) is 14.2. The lowest BCUT2D eigenvalue weighted by atomic mass is 10.1. The molecule has 23 heavy (non-hydrogen) atoms. The summed E-state index contributed by atoms with van der Waals surface area (Å²) in [5.41, 5.74) is 5.00. The second-order valence-corrected chi connectivity index (χ2v) is 6.87. The van der Waals surface area contributed by atoms with Crippen LogP contribution >= 0.6 is 0 Å². The molecule has 0 N–H and O–H groups in total. The van der Waals surface area contributed by atoms with Gasteiger partial charge in [0, 0.05) is 11.3 Å². The standard InChI is InChI=1S/C20H26N3/c1-17-4-10-20(11-5-17)22-12-14-23(3,15-13-22)16-18-6-8-19(21-2)9-7-18/h4-11H,2,12-16H2,1,3H3/q+1. The first kappa shape index (κ1) is 15.8. The molecular weight excluding hydrogens is 282 g/mol. The van der Waals surface area contributed by atoms with E-state index in [9.17, 15) is 0 Å². The van der Waals surface area contributed by atoms with Crippen LogP contribution in [0.25, 0.3) is 0 Å². The molecule has 0 atom stereocenters. The van der Waals surface area contributed by atoms with Crippen molar-refractivity contribution in [2.45, 2.75) is 13.5 Å². The number of rotatable bonds is 4. The van der Waals surface area contributed by atoms with Crippen LogP contribution in [0, 0.1) is 6.92 Å². The van der Waals surface area contributed by atoms with E-state index in [2.05, 4.69) is 79.1 Å². The fourth-order valence-corrected chi connectivity index (χ4v) is 3.27. The number of hydrogen-bond donors (Lipinski definition) is 0. The molecule has 1 saturated heterocycles. The van der Waals surface area contributed by atoms with E-state index >= 15 is 0 Å². The molecule has 3 heteroatoms. The van der Waals surface area contributed by atoms with Crippen molar-refractivity contribution in [1.82, 2.24) is 0 Å². The van der Waals surface area contributed by atoms with Crippen LogP contribution in [0.1, 0.15) is 11.1 Å². The highest BCUT2D eigenvalue weighted by molar-refractivity contribution is 5.48. The molecule has 0 amide bonds. The number of anilines is 1. The molecule has 0 unspecified atom stereocenters. The van der Waals surface area contributed by atoms with Gasteiger partial charge in [0.15, 0.2) is 0 Å². The Morgan fingerprint density at radius 2 is 1.61 bits per heavy atom. The quantitative estimate of drug-likeness (QED) is 0.620. The van der Waals surface area contributed by atoms with Crippen molar-refractivity contribution in [3.8, 4) is 0 Å². The summed E-state index contributed by atoms with van der Waals surface area (Å²) in [4.78, 5) is 6.47. The fourth-order valence-electron chi connectivity index (χ4n) is 3.27. The van der Waals surface area contributed by atoms with Gasteiger partial charge in [-0.15, -0.1) is 0 Å². The molecule has 1 aliphatic rings. The molecule has 2 aromatic rings. The first-order chi connectivity index (χ1) is 11.1. The van der Waals surface area contributed by atoms with Gasteiger partial charge in [-0.3, -0.25) is 4.99 Å². The molecule has 0 radical (unpaired) electrons. The highest BCUT2D eigenvalue weighted by Gasteiger charge is 2.28. The van der Waals surface area contributed by atoms with Crippen LogP contribution in [-0.4, -0.2) is 44.4 Å². The van der Waals surface area contributed by atoms with Gasteiger partial charge in [0.1, 0.15) is 6.54 Å². The second kappa shape index (κ2) is 6.55. The lowest BCUT2D eigenvalue weighted by molar-refractivity contribution is -0.923. The van der Waals surface area contributed by atoms with E-state index < -0.39 is 0 Å². The van der Waals surface area contributed by atoms with Crippen molar-refractivity contribution in [2.24, 2.45) is 4.99 Å². The third kappa shape index (κ3) is 3.80. The average Bonchev–Trinajstić information content (AvgIpc) is 2.57. The molecule has 3 rings (SSSR count). The van der Waals surface area contributed by atoms with E-state index in [1.54, 1.807) is 0 Å². The number of hydrogen-bond acceptors (Lipinski definition) is 2. The van der Waals surface area contributed by atoms with Crippen molar-refractivity contribution >= 4 is 18.1 Å². The van der Waals surface area contributed by atoms with Crippen LogP contribution in [0.15, 0.2) is 53.5 Å². The SMILES string of the molecule is C=Nc1ccc(C[N+]2(C)CCN(c3ccc(C)cc3)CC2)cc1. The molecule has 0 bridgehead atoms. The predicted octanol–water partition coefficient (Wildman–Crippen LogP) is 3.79. The maximum absolute atomic E-state index is 3.96. The van der Waals surface area contributed by atoms with Gasteiger partial charge in [-0.1, -0.05) is 29.8 Å². The zero-order valence-corrected chi connectivity index (χ0v) is 14.2. The van der Waals surface area contributed by atoms with Gasteiger partial charge in [-0.25, -0.2) is 0 Å². The molecule has 1 heterocycles. The Balaban J connectivity index is 1.62. The third-order valence-corrected chi connectivity index (χ3v) is 4.90. The number of likely N-dealkylation sites (N-methyl/N-ethyl adjacent to an activating group) is 1. The molecule has 0 aromatic heterocycles. The molecule has 0 saturated carbocycles. The van der Waals surface area contributed by atoms with Gasteiger partial charge < -0.3 is 9.38 Å². The minimum atomic E-state index is 0.945. The number of aliphatic imine (C=N–C) groups is 1. The van der Waals surface area contributed by atoms with E-state index in [1.165, 1.54) is 29.9 Å². The van der Waals surface area contributed by atoms with Crippen LogP contribution in [0.4, 0.5) is 11.4 Å². The largest absolute Gasteiger partial charge is 0.360 e. The first-order valence-electron chi connectivity index (χ1n) is 8.29. The minimum absolute atomic E-state index is 0.945. The molecule has 3 nitrogen and oxygen atoms in total. The number of piperazine rings is 1. The summed E-state index contributed by atoms with van der Waals surface area (Å²) in [6.07, 6.45) is 0. The molecule has 1 fully saturated rings. The molecule has 2 aromatic carbocycles. The highest BCUT2D eigenvalue weighted by atomic mass is 15.4. The Hall–Kier alpha value is -2.13. The lowest BCUT2D eigenvalue weighted by Gasteiger charge is -2.43. The molecule has 120 valence electrons. The summed E-state index contributed by atoms with van der Waals surface area (Å²) in [6, 6.07) is 17.4. The van der Waals surface area contributed by atoms with E-state index in [0.717, 1.165) is 29.8 Å². The smallest absolute Gasteiger partial charge is 0.104 e. The molecule has 1 aliphatic heterocycles. The Morgan fingerprint density at radius 1 is 1.00 bits per heavy atom. The van der Waals surface area contributed by atoms with Gasteiger partial charge >= 0.3 is 0 Å². The molecular formula is C20H26N3+. The summed E-state index contributed by atoms with van der Waals surface area (Å²) >= 11 is 0. The van der Waals surface area contributed by atoms with E-state index in [0.29, 0.717) is 0 Å². The number of nitrogens with zero attached hydrogens (tertiary/aromatic N) is 3. The van der Waals surface area contributed by atoms with Crippen molar-refractivity contribution in [2.75, 3.05) is 38.1 Å². The average molecular weight is 308 g/mol. The van der Waals surface area contributed by atoms with Gasteiger partial charge in [0.2, 0.25) is 0 Å². The maximum Gasteiger partial charge on any atom is 0.104 e. The normalized spacial score (nSPS) is 17.0. The Bertz CT molecular complexity index is 650. The fraction of sp³-hybridized carbons (Fsp3) is 0.350. The summed E-state index contributed by atoms with van der Waals surface area (Å²) in [5, 5.41) is 0. The van der Waals surface area contributed by atoms with Crippen molar-refractivity contribution in [3.63, 3.8) is 0 Å². The third-order valence-electron chi connectivity index (χ3n) is 4.90. The molecule has 0 aliphatic carbocycles. The second-order valence-electron chi connectivity index (χ2n) is 6.87. The van der Waals surface area contributed by atoms with Crippen LogP contribution in [-0.2, 0) is 6.54 Å². The number of quaternary nitrogens is 1.